The smallest absolute Gasteiger partial charge is 0.261 e. The molecule has 9 nitrogen and oxygen atoms in total. The van der Waals surface area contributed by atoms with Crippen molar-refractivity contribution in [2.24, 2.45) is 12.9 Å². The average Bonchev–Trinajstić information content (AvgIpc) is 3.16. The van der Waals surface area contributed by atoms with Gasteiger partial charge in [0.15, 0.2) is 17.4 Å². The fourth-order valence-corrected chi connectivity index (χ4v) is 3.99. The molecule has 1 saturated heterocycles. The molecule has 0 saturated carbocycles. The van der Waals surface area contributed by atoms with Crippen molar-refractivity contribution in [1.29, 1.82) is 0 Å². The highest BCUT2D eigenvalue weighted by molar-refractivity contribution is 5.83. The number of aryl methyl sites for hydroxylation is 2. The van der Waals surface area contributed by atoms with E-state index in [1.807, 2.05) is 24.6 Å². The number of aromatic nitrogens is 4. The molecule has 1 aromatic carbocycles. The number of pyridine rings is 1. The van der Waals surface area contributed by atoms with E-state index in [0.717, 1.165) is 48.9 Å². The fraction of sp³-hybridized carbons (Fsp3) is 0.261. The van der Waals surface area contributed by atoms with Crippen LogP contribution in [-0.4, -0.2) is 45.7 Å². The molecule has 34 heavy (non-hydrogen) atoms. The molecule has 0 unspecified atom stereocenters. The lowest BCUT2D eigenvalue weighted by atomic mass is 10.2. The zero-order chi connectivity index (χ0) is 23.8. The minimum absolute atomic E-state index is 0.149. The van der Waals surface area contributed by atoms with Crippen LogP contribution in [0, 0.1) is 18.6 Å². The van der Waals surface area contributed by atoms with Gasteiger partial charge in [-0.05, 0) is 37.3 Å². The second-order valence-corrected chi connectivity index (χ2v) is 8.06. The molecule has 0 atom stereocenters. The molecule has 0 spiro atoms. The summed E-state index contributed by atoms with van der Waals surface area (Å²) in [6.07, 6.45) is 2.79. The van der Waals surface area contributed by atoms with Crippen LogP contribution < -0.4 is 25.8 Å². The average molecular weight is 466 g/mol. The van der Waals surface area contributed by atoms with E-state index >= 15 is 8.78 Å². The molecule has 3 aromatic heterocycles. The topological polar surface area (TPSA) is 97.4 Å². The largest absolute Gasteiger partial charge is 0.433 e. The van der Waals surface area contributed by atoms with Crippen molar-refractivity contribution in [3.8, 4) is 11.6 Å². The van der Waals surface area contributed by atoms with Gasteiger partial charge in [0.25, 0.3) is 5.88 Å². The SMILES string of the molecule is Cc1cc2c(F)c(Oc3ncnc(N(N)c4ccc(N5CCNCC5)cn4)c3F)ccc2n1C. The van der Waals surface area contributed by atoms with E-state index in [-0.39, 0.29) is 17.4 Å². The number of fused-ring (bicyclic) bond motifs is 1. The van der Waals surface area contributed by atoms with Gasteiger partial charge < -0.3 is 19.5 Å². The summed E-state index contributed by atoms with van der Waals surface area (Å²) in [5, 5.41) is 4.68. The number of hydrogen-bond acceptors (Lipinski definition) is 8. The molecule has 0 aliphatic carbocycles. The van der Waals surface area contributed by atoms with E-state index in [4.69, 9.17) is 10.6 Å². The Morgan fingerprint density at radius 2 is 1.85 bits per heavy atom. The summed E-state index contributed by atoms with van der Waals surface area (Å²) in [4.78, 5) is 14.3. The lowest BCUT2D eigenvalue weighted by molar-refractivity contribution is 0.398. The van der Waals surface area contributed by atoms with Crippen molar-refractivity contribution in [2.45, 2.75) is 6.92 Å². The quantitative estimate of drug-likeness (QED) is 0.342. The maximum Gasteiger partial charge on any atom is 0.261 e. The van der Waals surface area contributed by atoms with Crippen LogP contribution in [0.15, 0.2) is 42.9 Å². The summed E-state index contributed by atoms with van der Waals surface area (Å²) >= 11 is 0. The van der Waals surface area contributed by atoms with E-state index in [1.165, 1.54) is 6.07 Å². The highest BCUT2D eigenvalue weighted by Crippen LogP contribution is 2.34. The number of ether oxygens (including phenoxy) is 1. The van der Waals surface area contributed by atoms with Gasteiger partial charge >= 0.3 is 0 Å². The third-order valence-electron chi connectivity index (χ3n) is 6.00. The van der Waals surface area contributed by atoms with Crippen molar-refractivity contribution in [3.05, 3.63) is 60.2 Å². The molecule has 0 radical (unpaired) electrons. The van der Waals surface area contributed by atoms with Crippen molar-refractivity contribution in [3.63, 3.8) is 0 Å². The zero-order valence-electron chi connectivity index (χ0n) is 18.8. The van der Waals surface area contributed by atoms with Crippen LogP contribution in [0.1, 0.15) is 5.69 Å². The third kappa shape index (κ3) is 3.88. The number of piperazine rings is 1. The Morgan fingerprint density at radius 3 is 2.59 bits per heavy atom. The van der Waals surface area contributed by atoms with E-state index in [0.29, 0.717) is 10.9 Å². The van der Waals surface area contributed by atoms with E-state index in [2.05, 4.69) is 25.2 Å². The maximum atomic E-state index is 15.2. The molecule has 176 valence electrons. The molecule has 0 amide bonds. The molecular weight excluding hydrogens is 442 g/mol. The van der Waals surface area contributed by atoms with Crippen molar-refractivity contribution in [1.82, 2.24) is 24.8 Å². The van der Waals surface area contributed by atoms with Gasteiger partial charge in [-0.25, -0.2) is 25.2 Å². The molecular formula is C23H24F2N8O. The lowest BCUT2D eigenvalue weighted by Crippen LogP contribution is -2.43. The van der Waals surface area contributed by atoms with Crippen LogP contribution in [0.3, 0.4) is 0 Å². The molecule has 5 rings (SSSR count). The molecule has 11 heteroatoms. The van der Waals surface area contributed by atoms with Crippen LogP contribution in [0.2, 0.25) is 0 Å². The number of anilines is 3. The van der Waals surface area contributed by atoms with Crippen molar-refractivity contribution < 1.29 is 13.5 Å². The first kappa shape index (κ1) is 22.0. The van der Waals surface area contributed by atoms with Gasteiger partial charge in [0.2, 0.25) is 5.82 Å². The monoisotopic (exact) mass is 466 g/mol. The third-order valence-corrected chi connectivity index (χ3v) is 6.00. The Kier molecular flexibility index (Phi) is 5.72. The number of rotatable bonds is 5. The molecule has 3 N–H and O–H groups in total. The standard InChI is InChI=1S/C23H24F2N8O/c1-14-11-16-17(31(14)2)4-5-18(20(16)24)34-23-21(25)22(29-13-30-23)33(26)19-6-3-15(12-28-19)32-9-7-27-8-10-32/h3-6,11-13,27H,7-10,26H2,1-2H3. The zero-order valence-corrected chi connectivity index (χ0v) is 18.8. The molecule has 1 aliphatic heterocycles. The second kappa shape index (κ2) is 8.84. The lowest BCUT2D eigenvalue weighted by Gasteiger charge is -2.29. The van der Waals surface area contributed by atoms with E-state index in [9.17, 15) is 0 Å². The van der Waals surface area contributed by atoms with E-state index in [1.54, 1.807) is 24.4 Å². The Balaban J connectivity index is 1.40. The van der Waals surface area contributed by atoms with E-state index < -0.39 is 17.5 Å². The van der Waals surface area contributed by atoms with Crippen molar-refractivity contribution >= 4 is 28.2 Å². The molecule has 4 aromatic rings. The number of hydrogen-bond donors (Lipinski definition) is 2. The van der Waals surface area contributed by atoms with Crippen LogP contribution in [0.5, 0.6) is 11.6 Å². The summed E-state index contributed by atoms with van der Waals surface area (Å²) < 4.78 is 37.6. The van der Waals surface area contributed by atoms with Gasteiger partial charge in [-0.15, -0.1) is 0 Å². The van der Waals surface area contributed by atoms with Gasteiger partial charge in [-0.1, -0.05) is 0 Å². The second-order valence-electron chi connectivity index (χ2n) is 8.06. The highest BCUT2D eigenvalue weighted by atomic mass is 19.1. The predicted molar refractivity (Wildman–Crippen MR) is 125 cm³/mol. The first-order chi connectivity index (χ1) is 16.4. The van der Waals surface area contributed by atoms with Gasteiger partial charge in [0.05, 0.1) is 17.4 Å². The summed E-state index contributed by atoms with van der Waals surface area (Å²) in [5.41, 5.74) is 2.54. The van der Waals surface area contributed by atoms with Crippen LogP contribution >= 0.6 is 0 Å². The van der Waals surface area contributed by atoms with Crippen LogP contribution in [0.4, 0.5) is 26.1 Å². The maximum absolute atomic E-state index is 15.2. The first-order valence-corrected chi connectivity index (χ1v) is 10.8. The summed E-state index contributed by atoms with van der Waals surface area (Å²) in [6.45, 7) is 5.42. The van der Waals surface area contributed by atoms with Crippen LogP contribution in [-0.2, 0) is 7.05 Å². The highest BCUT2D eigenvalue weighted by Gasteiger charge is 2.22. The molecule has 4 heterocycles. The Hall–Kier alpha value is -3.83. The predicted octanol–water partition coefficient (Wildman–Crippen LogP) is 3.16. The fourth-order valence-electron chi connectivity index (χ4n) is 3.99. The molecule has 1 fully saturated rings. The minimum atomic E-state index is -0.929. The van der Waals surface area contributed by atoms with Gasteiger partial charge in [-0.3, -0.25) is 0 Å². The summed E-state index contributed by atoms with van der Waals surface area (Å²) in [6, 6.07) is 8.41. The number of halogens is 2. The van der Waals surface area contributed by atoms with Gasteiger partial charge in [0.1, 0.15) is 12.1 Å². The number of nitrogens with one attached hydrogen (secondary N) is 1. The molecule has 0 bridgehead atoms. The Morgan fingerprint density at radius 1 is 1.06 bits per heavy atom. The Bertz CT molecular complexity index is 1340. The van der Waals surface area contributed by atoms with Crippen LogP contribution in [0.25, 0.3) is 10.9 Å². The number of nitrogens with two attached hydrogens (primary N) is 1. The number of nitrogens with zero attached hydrogens (tertiary/aromatic N) is 6. The molecule has 1 aliphatic rings. The summed E-state index contributed by atoms with van der Waals surface area (Å²) in [5.74, 6) is 4.04. The number of benzene rings is 1. The van der Waals surface area contributed by atoms with Gasteiger partial charge in [0, 0.05) is 44.3 Å². The van der Waals surface area contributed by atoms with Gasteiger partial charge in [-0.2, -0.15) is 9.37 Å². The minimum Gasteiger partial charge on any atom is -0.433 e. The first-order valence-electron chi connectivity index (χ1n) is 10.8. The summed E-state index contributed by atoms with van der Waals surface area (Å²) in [7, 11) is 1.84. The normalized spacial score (nSPS) is 14.0. The number of hydrazine groups is 1. The Labute approximate surface area is 194 Å². The van der Waals surface area contributed by atoms with Crippen molar-refractivity contribution in [2.75, 3.05) is 36.1 Å².